The lowest BCUT2D eigenvalue weighted by Crippen LogP contribution is -2.42. The summed E-state index contributed by atoms with van der Waals surface area (Å²) in [4.78, 5) is 8.75. The molecule has 0 aliphatic carbocycles. The number of sulfone groups is 1. The molecule has 0 spiro atoms. The lowest BCUT2D eigenvalue weighted by atomic mass is 10.2. The molecule has 0 saturated heterocycles. The van der Waals surface area contributed by atoms with Gasteiger partial charge in [0.1, 0.15) is 9.84 Å². The lowest BCUT2D eigenvalue weighted by molar-refractivity contribution is 0.323. The van der Waals surface area contributed by atoms with E-state index in [1.807, 2.05) is 32.9 Å². The minimum absolute atomic E-state index is 0.00205. The SMILES string of the molecule is CCNC(=NCc1cccnc1OCC)NC(C)CCS(C)(=O)=O. The first-order valence-corrected chi connectivity index (χ1v) is 10.2. The van der Waals surface area contributed by atoms with Crippen LogP contribution >= 0.6 is 0 Å². The smallest absolute Gasteiger partial charge is 0.218 e. The molecule has 1 rings (SSSR count). The van der Waals surface area contributed by atoms with Crippen molar-refractivity contribution in [2.75, 3.05) is 25.2 Å². The maximum absolute atomic E-state index is 11.3. The molecule has 0 aromatic carbocycles. The fourth-order valence-electron chi connectivity index (χ4n) is 1.99. The van der Waals surface area contributed by atoms with Crippen molar-refractivity contribution in [3.63, 3.8) is 0 Å². The number of pyridine rings is 1. The number of rotatable bonds is 9. The number of nitrogens with one attached hydrogen (secondary N) is 2. The first-order chi connectivity index (χ1) is 11.4. The van der Waals surface area contributed by atoms with Crippen molar-refractivity contribution in [2.24, 2.45) is 4.99 Å². The van der Waals surface area contributed by atoms with E-state index in [1.54, 1.807) is 6.20 Å². The molecule has 0 aliphatic heterocycles. The average Bonchev–Trinajstić information content (AvgIpc) is 2.52. The number of ether oxygens (including phenoxy) is 1. The highest BCUT2D eigenvalue weighted by Crippen LogP contribution is 2.15. The minimum Gasteiger partial charge on any atom is -0.478 e. The van der Waals surface area contributed by atoms with Crippen LogP contribution in [0.5, 0.6) is 5.88 Å². The van der Waals surface area contributed by atoms with Crippen LogP contribution in [-0.2, 0) is 16.4 Å². The van der Waals surface area contributed by atoms with Gasteiger partial charge in [-0.1, -0.05) is 6.07 Å². The van der Waals surface area contributed by atoms with E-state index < -0.39 is 9.84 Å². The Morgan fingerprint density at radius 2 is 2.17 bits per heavy atom. The maximum atomic E-state index is 11.3. The summed E-state index contributed by atoms with van der Waals surface area (Å²) in [5, 5.41) is 6.39. The van der Waals surface area contributed by atoms with Crippen molar-refractivity contribution in [1.82, 2.24) is 15.6 Å². The predicted molar refractivity (Wildman–Crippen MR) is 97.1 cm³/mol. The molecule has 0 saturated carbocycles. The molecule has 1 unspecified atom stereocenters. The largest absolute Gasteiger partial charge is 0.478 e. The molecule has 0 bridgehead atoms. The molecule has 0 radical (unpaired) electrons. The highest BCUT2D eigenvalue weighted by Gasteiger charge is 2.10. The Hall–Kier alpha value is -1.83. The summed E-state index contributed by atoms with van der Waals surface area (Å²) in [5.41, 5.74) is 0.903. The molecule has 1 aromatic heterocycles. The summed E-state index contributed by atoms with van der Waals surface area (Å²) in [7, 11) is -2.96. The Morgan fingerprint density at radius 1 is 1.42 bits per heavy atom. The molecule has 0 amide bonds. The van der Waals surface area contributed by atoms with Gasteiger partial charge >= 0.3 is 0 Å². The van der Waals surface area contributed by atoms with Gasteiger partial charge < -0.3 is 15.4 Å². The number of hydrogen-bond acceptors (Lipinski definition) is 5. The second-order valence-corrected chi connectivity index (χ2v) is 7.82. The highest BCUT2D eigenvalue weighted by molar-refractivity contribution is 7.90. The van der Waals surface area contributed by atoms with Gasteiger partial charge in [-0.2, -0.15) is 0 Å². The van der Waals surface area contributed by atoms with E-state index in [4.69, 9.17) is 4.74 Å². The Labute approximate surface area is 144 Å². The molecule has 136 valence electrons. The van der Waals surface area contributed by atoms with Gasteiger partial charge in [-0.25, -0.2) is 18.4 Å². The molecular weight excluding hydrogens is 328 g/mol. The molecule has 8 heteroatoms. The first-order valence-electron chi connectivity index (χ1n) is 8.15. The maximum Gasteiger partial charge on any atom is 0.218 e. The third-order valence-corrected chi connectivity index (χ3v) is 4.16. The van der Waals surface area contributed by atoms with Crippen molar-refractivity contribution in [1.29, 1.82) is 0 Å². The molecule has 0 aliphatic rings. The van der Waals surface area contributed by atoms with E-state index in [1.165, 1.54) is 6.26 Å². The van der Waals surface area contributed by atoms with Gasteiger partial charge in [0.2, 0.25) is 5.88 Å². The summed E-state index contributed by atoms with van der Waals surface area (Å²) in [5.74, 6) is 1.38. The second-order valence-electron chi connectivity index (χ2n) is 5.56. The summed E-state index contributed by atoms with van der Waals surface area (Å²) >= 11 is 0. The molecule has 1 heterocycles. The Balaban J connectivity index is 2.72. The zero-order valence-electron chi connectivity index (χ0n) is 14.9. The standard InChI is InChI=1S/C16H28N4O3S/c1-5-17-16(20-13(3)9-11-24(4,21)22)19-12-14-8-7-10-18-15(14)23-6-2/h7-8,10,13H,5-6,9,11-12H2,1-4H3,(H2,17,19,20). The van der Waals surface area contributed by atoms with E-state index >= 15 is 0 Å². The minimum atomic E-state index is -2.96. The normalized spacial score (nSPS) is 13.4. The Bertz CT molecular complexity index is 632. The number of aliphatic imine (C=N–C) groups is 1. The van der Waals surface area contributed by atoms with E-state index in [-0.39, 0.29) is 11.8 Å². The van der Waals surface area contributed by atoms with Crippen molar-refractivity contribution < 1.29 is 13.2 Å². The average molecular weight is 356 g/mol. The van der Waals surface area contributed by atoms with Gasteiger partial charge in [0.25, 0.3) is 0 Å². The molecule has 0 fully saturated rings. The number of aromatic nitrogens is 1. The van der Waals surface area contributed by atoms with Crippen LogP contribution in [0.25, 0.3) is 0 Å². The highest BCUT2D eigenvalue weighted by atomic mass is 32.2. The molecule has 7 nitrogen and oxygen atoms in total. The Kier molecular flexibility index (Phi) is 8.53. The monoisotopic (exact) mass is 356 g/mol. The third-order valence-electron chi connectivity index (χ3n) is 3.19. The Morgan fingerprint density at radius 3 is 2.79 bits per heavy atom. The predicted octanol–water partition coefficient (Wildman–Crippen LogP) is 1.36. The molecule has 1 aromatic rings. The number of nitrogens with zero attached hydrogens (tertiary/aromatic N) is 2. The van der Waals surface area contributed by atoms with Gasteiger partial charge in [0.15, 0.2) is 5.96 Å². The van der Waals surface area contributed by atoms with Gasteiger partial charge in [0, 0.05) is 30.6 Å². The summed E-state index contributed by atoms with van der Waals surface area (Å²) in [6.07, 6.45) is 3.46. The van der Waals surface area contributed by atoms with E-state index in [0.29, 0.717) is 31.4 Å². The van der Waals surface area contributed by atoms with Crippen LogP contribution in [0.15, 0.2) is 23.3 Å². The fraction of sp³-hybridized carbons (Fsp3) is 0.625. The molecule has 24 heavy (non-hydrogen) atoms. The third kappa shape index (κ3) is 8.14. The molecular formula is C16H28N4O3S. The van der Waals surface area contributed by atoms with Gasteiger partial charge in [-0.05, 0) is 33.3 Å². The topological polar surface area (TPSA) is 92.7 Å². The van der Waals surface area contributed by atoms with Gasteiger partial charge in [-0.15, -0.1) is 0 Å². The van der Waals surface area contributed by atoms with Crippen LogP contribution in [0.2, 0.25) is 0 Å². The van der Waals surface area contributed by atoms with Crippen molar-refractivity contribution in [3.05, 3.63) is 23.9 Å². The van der Waals surface area contributed by atoms with E-state index in [9.17, 15) is 8.42 Å². The lowest BCUT2D eigenvalue weighted by Gasteiger charge is -2.17. The van der Waals surface area contributed by atoms with Gasteiger partial charge in [0.05, 0.1) is 18.9 Å². The van der Waals surface area contributed by atoms with Crippen LogP contribution in [0.4, 0.5) is 0 Å². The van der Waals surface area contributed by atoms with Crippen LogP contribution in [0.1, 0.15) is 32.8 Å². The molecule has 2 N–H and O–H groups in total. The summed E-state index contributed by atoms with van der Waals surface area (Å²) in [6, 6.07) is 3.78. The van der Waals surface area contributed by atoms with Crippen molar-refractivity contribution in [3.8, 4) is 5.88 Å². The number of guanidine groups is 1. The second kappa shape index (κ2) is 10.1. The van der Waals surface area contributed by atoms with Gasteiger partial charge in [-0.3, -0.25) is 0 Å². The van der Waals surface area contributed by atoms with Crippen molar-refractivity contribution in [2.45, 2.75) is 39.8 Å². The molecule has 1 atom stereocenters. The summed E-state index contributed by atoms with van der Waals surface area (Å²) < 4.78 is 28.0. The first kappa shape index (κ1) is 20.2. The van der Waals surface area contributed by atoms with E-state index in [0.717, 1.165) is 12.1 Å². The summed E-state index contributed by atoms with van der Waals surface area (Å²) in [6.45, 7) is 7.53. The fourth-order valence-corrected chi connectivity index (χ4v) is 2.77. The van der Waals surface area contributed by atoms with Crippen LogP contribution in [0, 0.1) is 0 Å². The zero-order valence-corrected chi connectivity index (χ0v) is 15.7. The van der Waals surface area contributed by atoms with Crippen molar-refractivity contribution >= 4 is 15.8 Å². The van der Waals surface area contributed by atoms with Crippen LogP contribution in [-0.4, -0.2) is 50.6 Å². The quantitative estimate of drug-likeness (QED) is 0.513. The van der Waals surface area contributed by atoms with E-state index in [2.05, 4.69) is 20.6 Å². The van der Waals surface area contributed by atoms with Crippen LogP contribution in [0.3, 0.4) is 0 Å². The number of hydrogen-bond donors (Lipinski definition) is 2. The zero-order chi connectivity index (χ0) is 18.0. The van der Waals surface area contributed by atoms with Crippen LogP contribution < -0.4 is 15.4 Å².